The van der Waals surface area contributed by atoms with Crippen molar-refractivity contribution in [2.45, 2.75) is 43.6 Å². The topological polar surface area (TPSA) is 113 Å². The van der Waals surface area contributed by atoms with E-state index >= 15 is 0 Å². The van der Waals surface area contributed by atoms with Gasteiger partial charge in [-0.1, -0.05) is 54.6 Å². The molecule has 4 heterocycles. The minimum atomic E-state index is -0.220. The Hall–Kier alpha value is -3.78. The molecular formula is C28H31N7O. The number of pyridine rings is 1. The van der Waals surface area contributed by atoms with E-state index in [9.17, 15) is 4.79 Å². The largest absolute Gasteiger partial charge is 0.384 e. The maximum absolute atomic E-state index is 12.4. The average Bonchev–Trinajstić information content (AvgIpc) is 3.36. The number of hydrogen-bond acceptors (Lipinski definition) is 6. The van der Waals surface area contributed by atoms with Gasteiger partial charge in [-0.2, -0.15) is 10.3 Å². The minimum Gasteiger partial charge on any atom is -0.384 e. The van der Waals surface area contributed by atoms with Crippen LogP contribution in [0.5, 0.6) is 0 Å². The number of likely N-dealkylation sites (tertiary alicyclic amines) is 1. The number of piperidine rings is 1. The average molecular weight is 482 g/mol. The van der Waals surface area contributed by atoms with Crippen molar-refractivity contribution in [3.05, 3.63) is 82.9 Å². The summed E-state index contributed by atoms with van der Waals surface area (Å²) in [5, 5.41) is 14.6. The molecule has 1 spiro atoms. The van der Waals surface area contributed by atoms with Crippen molar-refractivity contribution < 1.29 is 4.79 Å². The Morgan fingerprint density at radius 1 is 1.03 bits per heavy atom. The molecule has 1 atom stereocenters. The number of aromatic nitrogens is 4. The van der Waals surface area contributed by atoms with Crippen LogP contribution in [0.15, 0.2) is 60.7 Å². The Kier molecular flexibility index (Phi) is 5.89. The third-order valence-electron chi connectivity index (χ3n) is 7.86. The zero-order valence-electron chi connectivity index (χ0n) is 20.3. The van der Waals surface area contributed by atoms with E-state index in [1.807, 2.05) is 18.2 Å². The van der Waals surface area contributed by atoms with Crippen LogP contribution in [0.2, 0.25) is 0 Å². The summed E-state index contributed by atoms with van der Waals surface area (Å²) >= 11 is 0. The summed E-state index contributed by atoms with van der Waals surface area (Å²) in [6.45, 7) is 2.96. The number of rotatable bonds is 6. The molecule has 0 saturated carbocycles. The summed E-state index contributed by atoms with van der Waals surface area (Å²) in [5.74, 6) is 0.761. The maximum Gasteiger partial charge on any atom is 0.225 e. The lowest BCUT2D eigenvalue weighted by Gasteiger charge is -2.45. The van der Waals surface area contributed by atoms with Crippen molar-refractivity contribution >= 4 is 22.9 Å². The lowest BCUT2D eigenvalue weighted by atomic mass is 9.75. The number of fused-ring (bicyclic) bond motifs is 3. The van der Waals surface area contributed by atoms with E-state index in [0.717, 1.165) is 56.4 Å². The zero-order chi connectivity index (χ0) is 24.5. The molecule has 36 heavy (non-hydrogen) atoms. The van der Waals surface area contributed by atoms with Gasteiger partial charge < -0.3 is 16.0 Å². The number of carbonyl (C=O) groups is 1. The van der Waals surface area contributed by atoms with Crippen LogP contribution in [0.25, 0.3) is 11.2 Å². The van der Waals surface area contributed by atoms with Crippen LogP contribution in [0.4, 0.5) is 5.82 Å². The molecule has 0 unspecified atom stereocenters. The Morgan fingerprint density at radius 3 is 2.64 bits per heavy atom. The van der Waals surface area contributed by atoms with Gasteiger partial charge in [0.25, 0.3) is 0 Å². The van der Waals surface area contributed by atoms with Gasteiger partial charge in [0, 0.05) is 19.0 Å². The predicted molar refractivity (Wildman–Crippen MR) is 139 cm³/mol. The SMILES string of the molecule is Nc1cc([C@H](CCCN2CCC3(CC2)NC(=O)Cc2ccccc23)c2ccccc2)c2n[nH]nc2n1. The summed E-state index contributed by atoms with van der Waals surface area (Å²) in [4.78, 5) is 19.3. The van der Waals surface area contributed by atoms with Crippen molar-refractivity contribution in [2.24, 2.45) is 0 Å². The molecule has 1 amide bonds. The number of nitrogens with zero attached hydrogens (tertiary/aromatic N) is 4. The maximum atomic E-state index is 12.4. The Bertz CT molecular complexity index is 1380. The molecule has 1 saturated heterocycles. The second kappa shape index (κ2) is 9.35. The third kappa shape index (κ3) is 4.22. The van der Waals surface area contributed by atoms with Gasteiger partial charge in [0.1, 0.15) is 11.3 Å². The van der Waals surface area contributed by atoms with Crippen LogP contribution < -0.4 is 11.1 Å². The van der Waals surface area contributed by atoms with Gasteiger partial charge in [0.2, 0.25) is 11.6 Å². The lowest BCUT2D eigenvalue weighted by Crippen LogP contribution is -2.56. The van der Waals surface area contributed by atoms with Gasteiger partial charge in [-0.3, -0.25) is 4.79 Å². The monoisotopic (exact) mass is 481 g/mol. The quantitative estimate of drug-likeness (QED) is 0.388. The molecule has 2 aliphatic rings. The van der Waals surface area contributed by atoms with E-state index in [-0.39, 0.29) is 17.4 Å². The molecule has 4 N–H and O–H groups in total. The Morgan fingerprint density at radius 2 is 1.81 bits per heavy atom. The summed E-state index contributed by atoms with van der Waals surface area (Å²) in [5.41, 5.74) is 12.0. The first-order chi connectivity index (χ1) is 17.6. The van der Waals surface area contributed by atoms with E-state index < -0.39 is 0 Å². The molecule has 8 heteroatoms. The summed E-state index contributed by atoms with van der Waals surface area (Å²) < 4.78 is 0. The normalized spacial score (nSPS) is 18.2. The van der Waals surface area contributed by atoms with Crippen LogP contribution in [0.3, 0.4) is 0 Å². The second-order valence-corrected chi connectivity index (χ2v) is 10.0. The highest BCUT2D eigenvalue weighted by Crippen LogP contribution is 2.38. The van der Waals surface area contributed by atoms with Gasteiger partial charge in [0.05, 0.1) is 12.0 Å². The highest BCUT2D eigenvalue weighted by molar-refractivity contribution is 5.82. The standard InChI is InChI=1S/C28H31N7O/c29-24-18-22(26-27(30-24)33-34-32-26)21(19-7-2-1-3-8-19)10-6-14-35-15-12-28(13-16-35)23-11-5-4-9-20(23)17-25(36)31-28/h1-5,7-9,11,18,21H,6,10,12-17H2,(H,31,36)(H3,29,30,32,33,34)/t21-/m1/s1. The first-order valence-electron chi connectivity index (χ1n) is 12.7. The molecule has 1 fully saturated rings. The number of amides is 1. The molecule has 4 aromatic rings. The van der Waals surface area contributed by atoms with Crippen molar-refractivity contribution in [1.29, 1.82) is 0 Å². The van der Waals surface area contributed by atoms with Crippen molar-refractivity contribution in [1.82, 2.24) is 30.6 Å². The second-order valence-electron chi connectivity index (χ2n) is 10.0. The molecule has 8 nitrogen and oxygen atoms in total. The Balaban J connectivity index is 1.16. The highest BCUT2D eigenvalue weighted by atomic mass is 16.1. The number of hydrogen-bond donors (Lipinski definition) is 3. The lowest BCUT2D eigenvalue weighted by molar-refractivity contribution is -0.124. The third-order valence-corrected chi connectivity index (χ3v) is 7.86. The van der Waals surface area contributed by atoms with Crippen LogP contribution >= 0.6 is 0 Å². The Labute approximate surface area is 210 Å². The molecular weight excluding hydrogens is 450 g/mol. The van der Waals surface area contributed by atoms with E-state index in [0.29, 0.717) is 17.9 Å². The molecule has 2 aromatic heterocycles. The summed E-state index contributed by atoms with van der Waals surface area (Å²) in [6.07, 6.45) is 4.38. The zero-order valence-corrected chi connectivity index (χ0v) is 20.3. The predicted octanol–water partition coefficient (Wildman–Crippen LogP) is 3.51. The summed E-state index contributed by atoms with van der Waals surface area (Å²) in [7, 11) is 0. The summed E-state index contributed by atoms with van der Waals surface area (Å²) in [6, 6.07) is 20.9. The molecule has 2 aliphatic heterocycles. The molecule has 184 valence electrons. The van der Waals surface area contributed by atoms with E-state index in [1.165, 1.54) is 16.7 Å². The van der Waals surface area contributed by atoms with Crippen LogP contribution in [-0.4, -0.2) is 50.8 Å². The van der Waals surface area contributed by atoms with Crippen LogP contribution in [-0.2, 0) is 16.8 Å². The van der Waals surface area contributed by atoms with Gasteiger partial charge >= 0.3 is 0 Å². The van der Waals surface area contributed by atoms with Crippen molar-refractivity contribution in [3.63, 3.8) is 0 Å². The molecule has 0 radical (unpaired) electrons. The van der Waals surface area contributed by atoms with Gasteiger partial charge in [-0.05, 0) is 60.5 Å². The number of anilines is 1. The fourth-order valence-corrected chi connectivity index (χ4v) is 6.10. The van der Waals surface area contributed by atoms with Gasteiger partial charge in [-0.15, -0.1) is 5.10 Å². The number of aromatic amines is 1. The number of nitrogens with two attached hydrogens (primary N) is 1. The molecule has 0 aliphatic carbocycles. The fourth-order valence-electron chi connectivity index (χ4n) is 6.10. The van der Waals surface area contributed by atoms with Gasteiger partial charge in [0.15, 0.2) is 0 Å². The molecule has 0 bridgehead atoms. The minimum absolute atomic E-state index is 0.142. The number of nitrogen functional groups attached to an aromatic ring is 1. The van der Waals surface area contributed by atoms with E-state index in [1.54, 1.807) is 0 Å². The van der Waals surface area contributed by atoms with Crippen LogP contribution in [0.1, 0.15) is 53.9 Å². The number of nitrogens with one attached hydrogen (secondary N) is 2. The fraction of sp³-hybridized carbons (Fsp3) is 0.357. The highest BCUT2D eigenvalue weighted by Gasteiger charge is 2.41. The van der Waals surface area contributed by atoms with Crippen molar-refractivity contribution in [2.75, 3.05) is 25.4 Å². The molecule has 2 aromatic carbocycles. The van der Waals surface area contributed by atoms with E-state index in [2.05, 4.69) is 73.1 Å². The number of benzene rings is 2. The van der Waals surface area contributed by atoms with E-state index in [4.69, 9.17) is 5.73 Å². The molecule has 6 rings (SSSR count). The van der Waals surface area contributed by atoms with Crippen molar-refractivity contribution in [3.8, 4) is 0 Å². The van der Waals surface area contributed by atoms with Gasteiger partial charge in [-0.25, -0.2) is 4.98 Å². The smallest absolute Gasteiger partial charge is 0.225 e. The first-order valence-corrected chi connectivity index (χ1v) is 12.7. The first kappa shape index (κ1) is 22.7. The number of carbonyl (C=O) groups excluding carboxylic acids is 1. The number of H-pyrrole nitrogens is 1. The van der Waals surface area contributed by atoms with Crippen LogP contribution in [0, 0.1) is 0 Å².